The highest BCUT2D eigenvalue weighted by Gasteiger charge is 2.30. The molecule has 2 saturated heterocycles. The molecule has 1 aliphatic carbocycles. The van der Waals surface area contributed by atoms with E-state index in [0.29, 0.717) is 19.8 Å². The topological polar surface area (TPSA) is 62.0 Å². The van der Waals surface area contributed by atoms with E-state index in [1.54, 1.807) is 0 Å². The highest BCUT2D eigenvalue weighted by molar-refractivity contribution is 7.80. The Labute approximate surface area is 284 Å². The minimum atomic E-state index is -0.00130. The van der Waals surface area contributed by atoms with Crippen LogP contribution in [0.2, 0.25) is 0 Å². The number of hydrogen-bond acceptors (Lipinski definition) is 7. The van der Waals surface area contributed by atoms with Gasteiger partial charge in [-0.15, -0.1) is 0 Å². The van der Waals surface area contributed by atoms with E-state index < -0.39 is 0 Å². The molecule has 47 heavy (non-hydrogen) atoms. The van der Waals surface area contributed by atoms with E-state index in [2.05, 4.69) is 117 Å². The number of unbranched alkanes of at least 4 members (excludes halogenated alkanes) is 1. The second-order valence-electron chi connectivity index (χ2n) is 12.2. The molecular formula is C40H46O6S. The van der Waals surface area contributed by atoms with E-state index in [4.69, 9.17) is 28.4 Å². The van der Waals surface area contributed by atoms with Gasteiger partial charge in [-0.1, -0.05) is 68.0 Å². The number of benzene rings is 3. The number of ether oxygens (including phenoxy) is 6. The highest BCUT2D eigenvalue weighted by atomic mass is 32.1. The lowest BCUT2D eigenvalue weighted by Gasteiger charge is -2.30. The largest absolute Gasteiger partial charge is 0.498 e. The molecule has 7 heteroatoms. The van der Waals surface area contributed by atoms with Crippen LogP contribution in [0.4, 0.5) is 0 Å². The lowest BCUT2D eigenvalue weighted by atomic mass is 9.73. The van der Waals surface area contributed by atoms with E-state index in [9.17, 15) is 0 Å². The third-order valence-electron chi connectivity index (χ3n) is 8.53. The van der Waals surface area contributed by atoms with Gasteiger partial charge in [-0.05, 0) is 83.3 Å². The first kappa shape index (κ1) is 33.3. The quantitative estimate of drug-likeness (QED) is 0.0796. The number of rotatable bonds is 19. The van der Waals surface area contributed by atoms with Crippen LogP contribution in [-0.4, -0.2) is 57.6 Å². The number of hydrogen-bond donors (Lipinski definition) is 1. The van der Waals surface area contributed by atoms with E-state index in [-0.39, 0.29) is 24.0 Å². The third-order valence-corrected chi connectivity index (χ3v) is 8.85. The predicted octanol–water partition coefficient (Wildman–Crippen LogP) is 8.44. The molecule has 2 fully saturated rings. The van der Waals surface area contributed by atoms with Crippen molar-refractivity contribution in [1.29, 1.82) is 0 Å². The van der Waals surface area contributed by atoms with Crippen molar-refractivity contribution >= 4 is 12.6 Å². The van der Waals surface area contributed by atoms with Crippen LogP contribution in [0.3, 0.4) is 0 Å². The molecule has 0 bridgehead atoms. The molecule has 2 heterocycles. The summed E-state index contributed by atoms with van der Waals surface area (Å²) in [7, 11) is 0. The first-order valence-electron chi connectivity index (χ1n) is 16.9. The van der Waals surface area contributed by atoms with Gasteiger partial charge in [-0.25, -0.2) is 0 Å². The van der Waals surface area contributed by atoms with Gasteiger partial charge in [-0.2, -0.15) is 12.6 Å². The molecule has 0 saturated carbocycles. The van der Waals surface area contributed by atoms with Crippen LogP contribution in [0, 0.1) is 0 Å². The molecule has 0 amide bonds. The fraction of sp³-hybridized carbons (Fsp3) is 0.400. The van der Waals surface area contributed by atoms with Gasteiger partial charge in [0, 0.05) is 18.3 Å². The minimum Gasteiger partial charge on any atom is -0.498 e. The zero-order chi connectivity index (χ0) is 32.3. The molecule has 0 radical (unpaired) electrons. The summed E-state index contributed by atoms with van der Waals surface area (Å²) in [6, 6.07) is 25.7. The molecule has 3 aromatic rings. The molecule has 2 aliphatic heterocycles. The van der Waals surface area contributed by atoms with Crippen LogP contribution in [0.15, 0.2) is 108 Å². The first-order chi connectivity index (χ1) is 23.2. The zero-order valence-electron chi connectivity index (χ0n) is 27.2. The Balaban J connectivity index is 1.36. The minimum absolute atomic E-state index is 0.00130. The Bertz CT molecular complexity index is 1490. The summed E-state index contributed by atoms with van der Waals surface area (Å²) in [5, 5.41) is 0. The van der Waals surface area contributed by atoms with Crippen LogP contribution in [0.1, 0.15) is 61.1 Å². The second-order valence-corrected chi connectivity index (χ2v) is 12.7. The number of epoxide rings is 2. The number of thiol groups is 1. The SMILES string of the molecule is CCCCOc1ccc([C@@H](c2ccc(OCC3CO3)cc2)C(C2=CC=C(OCCCS)CC=C2)c2ccc(OCC3CO3)cc2)cc1. The van der Waals surface area contributed by atoms with Gasteiger partial charge in [0.05, 0.1) is 32.2 Å². The fourth-order valence-electron chi connectivity index (χ4n) is 5.72. The Hall–Kier alpha value is -3.65. The molecule has 6 nitrogen and oxygen atoms in total. The normalized spacial score (nSPS) is 19.5. The third kappa shape index (κ3) is 9.92. The van der Waals surface area contributed by atoms with Crippen molar-refractivity contribution < 1.29 is 28.4 Å². The molecule has 248 valence electrons. The standard InChI is InChI=1S/C40H46O6S/c1-2-3-22-41-34-16-9-31(10-17-34)40(32-13-20-36(21-14-32)44-26-38-28-46-38)39(29-6-4-7-33(15-8-29)42-23-5-24-47)30-11-18-35(19-12-30)43-25-37-27-45-37/h4,6,8-21,37-40,47H,2-3,5,7,22-28H2,1H3/t37?,38?,39?,40-/m0/s1. The second kappa shape index (κ2) is 17.0. The first-order valence-corrected chi connectivity index (χ1v) is 17.6. The Morgan fingerprint density at radius 2 is 1.17 bits per heavy atom. The fourth-order valence-corrected chi connectivity index (χ4v) is 5.85. The van der Waals surface area contributed by atoms with Crippen molar-refractivity contribution in [3.8, 4) is 17.2 Å². The summed E-state index contributed by atoms with van der Waals surface area (Å²) in [5.74, 6) is 4.36. The van der Waals surface area contributed by atoms with Crippen molar-refractivity contribution in [2.24, 2.45) is 0 Å². The molecule has 0 N–H and O–H groups in total. The van der Waals surface area contributed by atoms with Gasteiger partial charge in [0.2, 0.25) is 0 Å². The zero-order valence-corrected chi connectivity index (χ0v) is 28.1. The molecule has 0 spiro atoms. The average molecular weight is 655 g/mol. The van der Waals surface area contributed by atoms with Gasteiger partial charge < -0.3 is 28.4 Å². The summed E-state index contributed by atoms with van der Waals surface area (Å²) in [5.41, 5.74) is 4.81. The van der Waals surface area contributed by atoms with Crippen molar-refractivity contribution in [3.63, 3.8) is 0 Å². The van der Waals surface area contributed by atoms with Gasteiger partial charge >= 0.3 is 0 Å². The maximum Gasteiger partial charge on any atom is 0.119 e. The summed E-state index contributed by atoms with van der Waals surface area (Å²) in [4.78, 5) is 0. The summed E-state index contributed by atoms with van der Waals surface area (Å²) < 4.78 is 34.8. The van der Waals surface area contributed by atoms with E-state index in [1.165, 1.54) is 22.3 Å². The monoisotopic (exact) mass is 654 g/mol. The molecule has 3 unspecified atom stereocenters. The van der Waals surface area contributed by atoms with Crippen LogP contribution < -0.4 is 14.2 Å². The van der Waals surface area contributed by atoms with Gasteiger partial charge in [0.25, 0.3) is 0 Å². The van der Waals surface area contributed by atoms with Gasteiger partial charge in [0.1, 0.15) is 42.7 Å². The smallest absolute Gasteiger partial charge is 0.119 e. The summed E-state index contributed by atoms with van der Waals surface area (Å²) >= 11 is 4.34. The van der Waals surface area contributed by atoms with Gasteiger partial charge in [0.15, 0.2) is 0 Å². The van der Waals surface area contributed by atoms with Crippen molar-refractivity contribution in [2.45, 2.75) is 56.7 Å². The predicted molar refractivity (Wildman–Crippen MR) is 189 cm³/mol. The maximum absolute atomic E-state index is 6.10. The lowest BCUT2D eigenvalue weighted by Crippen LogP contribution is -2.15. The summed E-state index contributed by atoms with van der Waals surface area (Å²) in [6.45, 7) is 6.27. The lowest BCUT2D eigenvalue weighted by molar-refractivity contribution is 0.209. The maximum atomic E-state index is 6.10. The van der Waals surface area contributed by atoms with Gasteiger partial charge in [-0.3, -0.25) is 0 Å². The Kier molecular flexibility index (Phi) is 12.0. The van der Waals surface area contributed by atoms with E-state index in [1.807, 2.05) is 0 Å². The molecular weight excluding hydrogens is 609 g/mol. The summed E-state index contributed by atoms with van der Waals surface area (Å²) in [6.07, 6.45) is 13.1. The Morgan fingerprint density at radius 3 is 1.68 bits per heavy atom. The number of allylic oxidation sites excluding steroid dienone is 5. The molecule has 6 rings (SSSR count). The molecule has 3 aliphatic rings. The molecule has 3 aromatic carbocycles. The van der Waals surface area contributed by atoms with Crippen molar-refractivity contribution in [2.75, 3.05) is 45.4 Å². The van der Waals surface area contributed by atoms with Crippen LogP contribution in [-0.2, 0) is 14.2 Å². The molecule has 4 atom stereocenters. The van der Waals surface area contributed by atoms with Crippen molar-refractivity contribution in [1.82, 2.24) is 0 Å². The molecule has 0 aromatic heterocycles. The van der Waals surface area contributed by atoms with Crippen LogP contribution in [0.5, 0.6) is 17.2 Å². The van der Waals surface area contributed by atoms with E-state index >= 15 is 0 Å². The Morgan fingerprint density at radius 1 is 0.660 bits per heavy atom. The van der Waals surface area contributed by atoms with Crippen molar-refractivity contribution in [3.05, 3.63) is 125 Å². The highest BCUT2D eigenvalue weighted by Crippen LogP contribution is 2.45. The van der Waals surface area contributed by atoms with Crippen LogP contribution in [0.25, 0.3) is 0 Å². The van der Waals surface area contributed by atoms with Crippen LogP contribution >= 0.6 is 12.6 Å². The average Bonchev–Trinajstić information content (AvgIpc) is 4.03. The van der Waals surface area contributed by atoms with E-state index in [0.717, 1.165) is 74.3 Å².